The number of halogens is 3. The minimum absolute atomic E-state index is 0.533. The SMILES string of the molecule is Cc1cccc(Cl)c1-c1ccc(F)c(F)c1. The van der Waals surface area contributed by atoms with Crippen molar-refractivity contribution in [3.05, 3.63) is 58.6 Å². The van der Waals surface area contributed by atoms with Crippen molar-refractivity contribution in [3.63, 3.8) is 0 Å². The van der Waals surface area contributed by atoms with Crippen molar-refractivity contribution in [1.82, 2.24) is 0 Å². The Hall–Kier alpha value is -1.41. The first-order chi connectivity index (χ1) is 7.59. The van der Waals surface area contributed by atoms with Gasteiger partial charge in [-0.25, -0.2) is 8.78 Å². The highest BCUT2D eigenvalue weighted by Crippen LogP contribution is 2.31. The lowest BCUT2D eigenvalue weighted by molar-refractivity contribution is 0.509. The fourth-order valence-corrected chi connectivity index (χ4v) is 1.98. The fraction of sp³-hybridized carbons (Fsp3) is 0.0769. The Balaban J connectivity index is 2.63. The summed E-state index contributed by atoms with van der Waals surface area (Å²) in [6, 6.07) is 9.21. The van der Waals surface area contributed by atoms with Crippen LogP contribution in [0.15, 0.2) is 36.4 Å². The normalized spacial score (nSPS) is 10.5. The standard InChI is InChI=1S/C13H9ClF2/c1-8-3-2-4-10(14)13(8)9-5-6-11(15)12(16)7-9/h2-7H,1H3. The molecular formula is C13H9ClF2. The third-order valence-corrected chi connectivity index (χ3v) is 2.75. The molecule has 0 nitrogen and oxygen atoms in total. The quantitative estimate of drug-likeness (QED) is 0.682. The average molecular weight is 239 g/mol. The van der Waals surface area contributed by atoms with Crippen LogP contribution in [-0.4, -0.2) is 0 Å². The second-order valence-electron chi connectivity index (χ2n) is 3.56. The molecule has 0 saturated heterocycles. The van der Waals surface area contributed by atoms with E-state index >= 15 is 0 Å². The maximum Gasteiger partial charge on any atom is 0.159 e. The molecule has 2 rings (SSSR count). The molecule has 0 spiro atoms. The minimum atomic E-state index is -0.864. The van der Waals surface area contributed by atoms with Crippen molar-refractivity contribution in [2.24, 2.45) is 0 Å². The molecule has 0 bridgehead atoms. The second-order valence-corrected chi connectivity index (χ2v) is 3.97. The average Bonchev–Trinajstić information content (AvgIpc) is 2.23. The first-order valence-corrected chi connectivity index (χ1v) is 5.18. The van der Waals surface area contributed by atoms with Crippen LogP contribution in [-0.2, 0) is 0 Å². The van der Waals surface area contributed by atoms with Crippen molar-refractivity contribution < 1.29 is 8.78 Å². The summed E-state index contributed by atoms with van der Waals surface area (Å²) >= 11 is 6.04. The van der Waals surface area contributed by atoms with Crippen LogP contribution in [0.2, 0.25) is 5.02 Å². The first-order valence-electron chi connectivity index (χ1n) is 4.80. The summed E-state index contributed by atoms with van der Waals surface area (Å²) < 4.78 is 25.9. The van der Waals surface area contributed by atoms with Gasteiger partial charge in [-0.2, -0.15) is 0 Å². The van der Waals surface area contributed by atoms with E-state index in [0.717, 1.165) is 23.3 Å². The Bertz CT molecular complexity index is 515. The molecule has 2 aromatic carbocycles. The van der Waals surface area contributed by atoms with Gasteiger partial charge < -0.3 is 0 Å². The van der Waals surface area contributed by atoms with Gasteiger partial charge in [-0.15, -0.1) is 0 Å². The molecule has 0 aliphatic carbocycles. The van der Waals surface area contributed by atoms with Gasteiger partial charge in [0.1, 0.15) is 0 Å². The van der Waals surface area contributed by atoms with E-state index in [4.69, 9.17) is 11.6 Å². The molecule has 0 atom stereocenters. The van der Waals surface area contributed by atoms with Gasteiger partial charge in [0.2, 0.25) is 0 Å². The second kappa shape index (κ2) is 4.22. The Morgan fingerprint density at radius 1 is 1.00 bits per heavy atom. The van der Waals surface area contributed by atoms with Gasteiger partial charge in [0, 0.05) is 10.6 Å². The largest absolute Gasteiger partial charge is 0.204 e. The van der Waals surface area contributed by atoms with Gasteiger partial charge in [0.15, 0.2) is 11.6 Å². The smallest absolute Gasteiger partial charge is 0.159 e. The maximum atomic E-state index is 13.1. The molecule has 0 aliphatic heterocycles. The van der Waals surface area contributed by atoms with Gasteiger partial charge in [-0.3, -0.25) is 0 Å². The number of hydrogen-bond donors (Lipinski definition) is 0. The van der Waals surface area contributed by atoms with Crippen molar-refractivity contribution in [1.29, 1.82) is 0 Å². The summed E-state index contributed by atoms with van der Waals surface area (Å²) in [6.45, 7) is 1.88. The zero-order valence-corrected chi connectivity index (χ0v) is 9.35. The van der Waals surface area contributed by atoms with E-state index in [2.05, 4.69) is 0 Å². The molecule has 0 heterocycles. The van der Waals surface area contributed by atoms with Crippen LogP contribution < -0.4 is 0 Å². The Kier molecular flexibility index (Phi) is 2.92. The van der Waals surface area contributed by atoms with Gasteiger partial charge in [0.25, 0.3) is 0 Å². The summed E-state index contributed by atoms with van der Waals surface area (Å²) in [5, 5.41) is 0.533. The highest BCUT2D eigenvalue weighted by Gasteiger charge is 2.09. The minimum Gasteiger partial charge on any atom is -0.204 e. The van der Waals surface area contributed by atoms with E-state index in [1.165, 1.54) is 6.07 Å². The molecule has 0 fully saturated rings. The topological polar surface area (TPSA) is 0 Å². The van der Waals surface area contributed by atoms with Gasteiger partial charge in [0.05, 0.1) is 0 Å². The summed E-state index contributed by atoms with van der Waals surface area (Å²) in [7, 11) is 0. The number of hydrogen-bond acceptors (Lipinski definition) is 0. The molecule has 0 unspecified atom stereocenters. The van der Waals surface area contributed by atoms with Gasteiger partial charge in [-0.1, -0.05) is 29.8 Å². The third-order valence-electron chi connectivity index (χ3n) is 2.43. The molecule has 0 amide bonds. The summed E-state index contributed by atoms with van der Waals surface area (Å²) in [6.07, 6.45) is 0. The van der Waals surface area contributed by atoms with E-state index in [1.807, 2.05) is 19.1 Å². The van der Waals surface area contributed by atoms with Gasteiger partial charge >= 0.3 is 0 Å². The zero-order valence-electron chi connectivity index (χ0n) is 8.60. The molecule has 0 aliphatic rings. The van der Waals surface area contributed by atoms with E-state index in [1.54, 1.807) is 6.07 Å². The summed E-state index contributed by atoms with van der Waals surface area (Å²) in [4.78, 5) is 0. The molecule has 0 saturated carbocycles. The van der Waals surface area contributed by atoms with Crippen molar-refractivity contribution in [3.8, 4) is 11.1 Å². The van der Waals surface area contributed by atoms with E-state index in [9.17, 15) is 8.78 Å². The summed E-state index contributed by atoms with van der Waals surface area (Å²) in [5.74, 6) is -1.72. The van der Waals surface area contributed by atoms with Crippen LogP contribution in [0, 0.1) is 18.6 Å². The predicted octanol–water partition coefficient (Wildman–Crippen LogP) is 4.59. The highest BCUT2D eigenvalue weighted by atomic mass is 35.5. The van der Waals surface area contributed by atoms with Gasteiger partial charge in [-0.05, 0) is 36.2 Å². The lowest BCUT2D eigenvalue weighted by atomic mass is 10.0. The van der Waals surface area contributed by atoms with E-state index in [-0.39, 0.29) is 0 Å². The lowest BCUT2D eigenvalue weighted by Crippen LogP contribution is -1.88. The fourth-order valence-electron chi connectivity index (χ4n) is 1.65. The van der Waals surface area contributed by atoms with Crippen molar-refractivity contribution >= 4 is 11.6 Å². The molecule has 2 aromatic rings. The summed E-state index contributed by atoms with van der Waals surface area (Å²) in [5.41, 5.74) is 2.25. The molecule has 3 heteroatoms. The molecule has 82 valence electrons. The predicted molar refractivity (Wildman–Crippen MR) is 61.5 cm³/mol. The first kappa shape index (κ1) is 11.1. The third kappa shape index (κ3) is 1.93. The molecular weight excluding hydrogens is 230 g/mol. The Labute approximate surface area is 97.5 Å². The number of rotatable bonds is 1. The van der Waals surface area contributed by atoms with E-state index in [0.29, 0.717) is 10.6 Å². The van der Waals surface area contributed by atoms with Crippen LogP contribution in [0.3, 0.4) is 0 Å². The highest BCUT2D eigenvalue weighted by molar-refractivity contribution is 6.33. The number of aryl methyl sites for hydroxylation is 1. The van der Waals surface area contributed by atoms with Crippen LogP contribution in [0.4, 0.5) is 8.78 Å². The van der Waals surface area contributed by atoms with Crippen LogP contribution in [0.5, 0.6) is 0 Å². The molecule has 0 aromatic heterocycles. The van der Waals surface area contributed by atoms with Crippen LogP contribution in [0.25, 0.3) is 11.1 Å². The Morgan fingerprint density at radius 3 is 2.38 bits per heavy atom. The molecule has 0 N–H and O–H groups in total. The van der Waals surface area contributed by atoms with Crippen LogP contribution >= 0.6 is 11.6 Å². The maximum absolute atomic E-state index is 13.1. The van der Waals surface area contributed by atoms with Crippen molar-refractivity contribution in [2.75, 3.05) is 0 Å². The van der Waals surface area contributed by atoms with Crippen LogP contribution in [0.1, 0.15) is 5.56 Å². The zero-order chi connectivity index (χ0) is 11.7. The molecule has 16 heavy (non-hydrogen) atoms. The monoisotopic (exact) mass is 238 g/mol. The number of benzene rings is 2. The van der Waals surface area contributed by atoms with Crippen molar-refractivity contribution in [2.45, 2.75) is 6.92 Å². The van der Waals surface area contributed by atoms with E-state index < -0.39 is 11.6 Å². The molecule has 0 radical (unpaired) electrons. The lowest BCUT2D eigenvalue weighted by Gasteiger charge is -2.08. The Morgan fingerprint density at radius 2 is 1.75 bits per heavy atom.